The van der Waals surface area contributed by atoms with E-state index in [1.807, 2.05) is 0 Å². The van der Waals surface area contributed by atoms with Gasteiger partial charge in [0.05, 0.1) is 11.0 Å². The van der Waals surface area contributed by atoms with Gasteiger partial charge >= 0.3 is 0 Å². The van der Waals surface area contributed by atoms with Crippen molar-refractivity contribution in [2.24, 2.45) is 5.73 Å². The average molecular weight is 277 g/mol. The first-order valence-electron chi connectivity index (χ1n) is 6.92. The Morgan fingerprint density at radius 2 is 1.79 bits per heavy atom. The molecule has 1 fully saturated rings. The lowest BCUT2D eigenvalue weighted by Crippen LogP contribution is -2.48. The zero-order chi connectivity index (χ0) is 13.8. The van der Waals surface area contributed by atoms with Crippen LogP contribution in [0.25, 0.3) is 0 Å². The van der Waals surface area contributed by atoms with E-state index in [0.717, 1.165) is 32.6 Å². The van der Waals surface area contributed by atoms with Gasteiger partial charge in [-0.05, 0) is 24.6 Å². The number of hydrogen-bond acceptors (Lipinski definition) is 3. The van der Waals surface area contributed by atoms with Crippen molar-refractivity contribution in [2.75, 3.05) is 33.2 Å². The van der Waals surface area contributed by atoms with Gasteiger partial charge in [0.1, 0.15) is 0 Å². The van der Waals surface area contributed by atoms with E-state index in [9.17, 15) is 0 Å². The van der Waals surface area contributed by atoms with Gasteiger partial charge in [0.25, 0.3) is 0 Å². The lowest BCUT2D eigenvalue weighted by Gasteiger charge is -2.37. The van der Waals surface area contributed by atoms with Crippen LogP contribution in [0.2, 0.25) is 0 Å². The van der Waals surface area contributed by atoms with E-state index in [4.69, 9.17) is 18.0 Å². The summed E-state index contributed by atoms with van der Waals surface area (Å²) in [5.74, 6) is 0. The Morgan fingerprint density at radius 1 is 1.21 bits per heavy atom. The predicted molar refractivity (Wildman–Crippen MR) is 84.4 cm³/mol. The van der Waals surface area contributed by atoms with Crippen molar-refractivity contribution in [1.29, 1.82) is 0 Å². The smallest absolute Gasteiger partial charge is 0.0948 e. The maximum absolute atomic E-state index is 5.98. The second kappa shape index (κ2) is 6.46. The molecule has 2 rings (SSSR count). The largest absolute Gasteiger partial charge is 0.392 e. The SMILES string of the molecule is CCc1ccc(C(C(N)=S)N2CCN(C)CC2)cc1. The van der Waals surface area contributed by atoms with E-state index in [1.165, 1.54) is 11.1 Å². The summed E-state index contributed by atoms with van der Waals surface area (Å²) in [6.45, 7) is 6.36. The fourth-order valence-corrected chi connectivity index (χ4v) is 2.86. The number of hydrogen-bond donors (Lipinski definition) is 1. The van der Waals surface area contributed by atoms with Gasteiger partial charge in [0.15, 0.2) is 0 Å². The minimum absolute atomic E-state index is 0.0783. The van der Waals surface area contributed by atoms with Crippen molar-refractivity contribution in [3.05, 3.63) is 35.4 Å². The highest BCUT2D eigenvalue weighted by Gasteiger charge is 2.25. The van der Waals surface area contributed by atoms with Crippen molar-refractivity contribution < 1.29 is 0 Å². The summed E-state index contributed by atoms with van der Waals surface area (Å²) >= 11 is 5.29. The third kappa shape index (κ3) is 3.53. The highest BCUT2D eigenvalue weighted by molar-refractivity contribution is 7.80. The summed E-state index contributed by atoms with van der Waals surface area (Å²) in [5.41, 5.74) is 8.55. The molecule has 1 aromatic rings. The molecule has 0 radical (unpaired) electrons. The molecule has 1 saturated heterocycles. The number of nitrogens with zero attached hydrogens (tertiary/aromatic N) is 2. The summed E-state index contributed by atoms with van der Waals surface area (Å²) in [6.07, 6.45) is 1.06. The molecule has 104 valence electrons. The van der Waals surface area contributed by atoms with E-state index in [2.05, 4.69) is 48.0 Å². The van der Waals surface area contributed by atoms with Crippen molar-refractivity contribution in [3.63, 3.8) is 0 Å². The number of thiocarbonyl (C=S) groups is 1. The number of nitrogens with two attached hydrogens (primary N) is 1. The Morgan fingerprint density at radius 3 is 2.26 bits per heavy atom. The normalized spacial score (nSPS) is 19.3. The third-order valence-electron chi connectivity index (χ3n) is 3.88. The van der Waals surface area contributed by atoms with E-state index in [1.54, 1.807) is 0 Å². The van der Waals surface area contributed by atoms with Crippen LogP contribution < -0.4 is 5.73 Å². The molecule has 0 saturated carbocycles. The number of benzene rings is 1. The second-order valence-electron chi connectivity index (χ2n) is 5.24. The molecular formula is C15H23N3S. The quantitative estimate of drug-likeness (QED) is 0.851. The highest BCUT2D eigenvalue weighted by Crippen LogP contribution is 2.23. The summed E-state index contributed by atoms with van der Waals surface area (Å²) in [4.78, 5) is 5.31. The first kappa shape index (κ1) is 14.4. The molecule has 1 aliphatic rings. The van der Waals surface area contributed by atoms with Crippen molar-refractivity contribution >= 4 is 17.2 Å². The molecule has 0 aliphatic carbocycles. The Hall–Kier alpha value is -0.970. The molecule has 0 bridgehead atoms. The minimum atomic E-state index is 0.0783. The lowest BCUT2D eigenvalue weighted by molar-refractivity contribution is 0.137. The van der Waals surface area contributed by atoms with Crippen LogP contribution in [0.15, 0.2) is 24.3 Å². The molecule has 3 nitrogen and oxygen atoms in total. The third-order valence-corrected chi connectivity index (χ3v) is 4.10. The van der Waals surface area contributed by atoms with Gasteiger partial charge < -0.3 is 10.6 Å². The van der Waals surface area contributed by atoms with Gasteiger partial charge in [-0.2, -0.15) is 0 Å². The van der Waals surface area contributed by atoms with Gasteiger partial charge in [-0.3, -0.25) is 4.90 Å². The van der Waals surface area contributed by atoms with Gasteiger partial charge in [-0.25, -0.2) is 0 Å². The average Bonchev–Trinajstić information content (AvgIpc) is 2.42. The molecule has 1 aliphatic heterocycles. The molecule has 1 aromatic carbocycles. The monoisotopic (exact) mass is 277 g/mol. The van der Waals surface area contributed by atoms with Crippen molar-refractivity contribution in [2.45, 2.75) is 19.4 Å². The van der Waals surface area contributed by atoms with E-state index < -0.39 is 0 Å². The Kier molecular flexibility index (Phi) is 4.91. The van der Waals surface area contributed by atoms with Crippen LogP contribution in [0, 0.1) is 0 Å². The fraction of sp³-hybridized carbons (Fsp3) is 0.533. The summed E-state index contributed by atoms with van der Waals surface area (Å²) in [5, 5.41) is 0. The van der Waals surface area contributed by atoms with Crippen molar-refractivity contribution in [1.82, 2.24) is 9.80 Å². The topological polar surface area (TPSA) is 32.5 Å². The van der Waals surface area contributed by atoms with Gasteiger partial charge in [-0.1, -0.05) is 43.4 Å². The number of rotatable bonds is 4. The highest BCUT2D eigenvalue weighted by atomic mass is 32.1. The maximum Gasteiger partial charge on any atom is 0.0948 e. The minimum Gasteiger partial charge on any atom is -0.392 e. The molecule has 1 unspecified atom stereocenters. The first-order chi connectivity index (χ1) is 9.11. The van der Waals surface area contributed by atoms with Crippen LogP contribution in [0.5, 0.6) is 0 Å². The molecule has 0 aromatic heterocycles. The lowest BCUT2D eigenvalue weighted by atomic mass is 10.0. The summed E-state index contributed by atoms with van der Waals surface area (Å²) in [7, 11) is 2.16. The van der Waals surface area contributed by atoms with E-state index >= 15 is 0 Å². The number of aryl methyl sites for hydroxylation is 1. The number of piperazine rings is 1. The molecular weight excluding hydrogens is 254 g/mol. The second-order valence-corrected chi connectivity index (χ2v) is 5.71. The van der Waals surface area contributed by atoms with E-state index in [0.29, 0.717) is 4.99 Å². The zero-order valence-electron chi connectivity index (χ0n) is 11.8. The maximum atomic E-state index is 5.98. The van der Waals surface area contributed by atoms with Crippen LogP contribution in [0.3, 0.4) is 0 Å². The van der Waals surface area contributed by atoms with Gasteiger partial charge in [-0.15, -0.1) is 0 Å². The van der Waals surface area contributed by atoms with E-state index in [-0.39, 0.29) is 6.04 Å². The standard InChI is InChI=1S/C15H23N3S/c1-3-12-4-6-13(7-5-12)14(15(16)19)18-10-8-17(2)9-11-18/h4-7,14H,3,8-11H2,1-2H3,(H2,16,19). The summed E-state index contributed by atoms with van der Waals surface area (Å²) < 4.78 is 0. The van der Waals surface area contributed by atoms with Gasteiger partial charge in [0.2, 0.25) is 0 Å². The van der Waals surface area contributed by atoms with Crippen LogP contribution in [-0.2, 0) is 6.42 Å². The molecule has 19 heavy (non-hydrogen) atoms. The number of likely N-dealkylation sites (N-methyl/N-ethyl adjacent to an activating group) is 1. The Labute approximate surface area is 121 Å². The van der Waals surface area contributed by atoms with Gasteiger partial charge in [0, 0.05) is 26.2 Å². The Balaban J connectivity index is 2.17. The summed E-state index contributed by atoms with van der Waals surface area (Å²) in [6, 6.07) is 8.77. The molecule has 1 atom stereocenters. The predicted octanol–water partition coefficient (Wildman–Crippen LogP) is 1.82. The molecule has 1 heterocycles. The zero-order valence-corrected chi connectivity index (χ0v) is 12.6. The van der Waals surface area contributed by atoms with Crippen LogP contribution >= 0.6 is 12.2 Å². The molecule has 0 amide bonds. The fourth-order valence-electron chi connectivity index (χ4n) is 2.57. The van der Waals surface area contributed by atoms with Crippen LogP contribution in [0.1, 0.15) is 24.1 Å². The molecule has 0 spiro atoms. The Bertz CT molecular complexity index is 422. The van der Waals surface area contributed by atoms with Crippen LogP contribution in [0.4, 0.5) is 0 Å². The molecule has 4 heteroatoms. The van der Waals surface area contributed by atoms with Crippen molar-refractivity contribution in [3.8, 4) is 0 Å². The first-order valence-corrected chi connectivity index (χ1v) is 7.33. The van der Waals surface area contributed by atoms with Crippen LogP contribution in [-0.4, -0.2) is 48.0 Å². The molecule has 2 N–H and O–H groups in total.